The Morgan fingerprint density at radius 2 is 2.00 bits per heavy atom. The SMILES string of the molecule is CN(C(=O)OCC(C)(C)C)[C@H]1CCN(c2nc(-c3ccccc3O)nc3ccc(F)cc23)C1. The maximum absolute atomic E-state index is 14.1. The fourth-order valence-corrected chi connectivity index (χ4v) is 3.89. The lowest BCUT2D eigenvalue weighted by Gasteiger charge is -2.27. The first-order valence-corrected chi connectivity index (χ1v) is 11.0. The number of nitrogens with zero attached hydrogens (tertiary/aromatic N) is 4. The molecule has 1 aliphatic heterocycles. The van der Waals surface area contributed by atoms with Crippen LogP contribution in [-0.2, 0) is 4.74 Å². The third kappa shape index (κ3) is 4.99. The van der Waals surface area contributed by atoms with Crippen molar-refractivity contribution >= 4 is 22.8 Å². The molecule has 0 radical (unpaired) electrons. The zero-order chi connectivity index (χ0) is 23.8. The summed E-state index contributed by atoms with van der Waals surface area (Å²) in [7, 11) is 1.74. The molecule has 0 saturated carbocycles. The van der Waals surface area contributed by atoms with Crippen LogP contribution in [0.25, 0.3) is 22.3 Å². The molecule has 1 N–H and O–H groups in total. The Kier molecular flexibility index (Phi) is 6.10. The standard InChI is InChI=1S/C25H29FN4O3/c1-25(2,3)15-33-24(32)29(4)17-11-12-30(14-17)23-19-13-16(26)9-10-20(19)27-22(28-23)18-7-5-6-8-21(18)31/h5-10,13,17,31H,11-12,14-15H2,1-4H3/t17-/m0/s1. The first-order chi connectivity index (χ1) is 15.6. The smallest absolute Gasteiger partial charge is 0.409 e. The molecule has 0 unspecified atom stereocenters. The topological polar surface area (TPSA) is 78.8 Å². The van der Waals surface area contributed by atoms with Crippen LogP contribution in [-0.4, -0.2) is 58.9 Å². The Morgan fingerprint density at radius 3 is 2.73 bits per heavy atom. The first kappa shape index (κ1) is 22.8. The highest BCUT2D eigenvalue weighted by atomic mass is 19.1. The van der Waals surface area contributed by atoms with Crippen molar-refractivity contribution in [2.24, 2.45) is 5.41 Å². The maximum Gasteiger partial charge on any atom is 0.409 e. The summed E-state index contributed by atoms with van der Waals surface area (Å²) in [5.74, 6) is 0.645. The van der Waals surface area contributed by atoms with Crippen molar-refractivity contribution < 1.29 is 19.0 Å². The largest absolute Gasteiger partial charge is 0.507 e. The fourth-order valence-electron chi connectivity index (χ4n) is 3.89. The van der Waals surface area contributed by atoms with Gasteiger partial charge in [-0.15, -0.1) is 0 Å². The van der Waals surface area contributed by atoms with Crippen molar-refractivity contribution in [1.29, 1.82) is 0 Å². The minimum atomic E-state index is -0.374. The Bertz CT molecular complexity index is 1180. The molecule has 3 aromatic rings. The van der Waals surface area contributed by atoms with Gasteiger partial charge in [0, 0.05) is 25.5 Å². The Morgan fingerprint density at radius 1 is 1.24 bits per heavy atom. The molecule has 33 heavy (non-hydrogen) atoms. The number of aromatic nitrogens is 2. The maximum atomic E-state index is 14.1. The van der Waals surface area contributed by atoms with Crippen molar-refractivity contribution in [3.8, 4) is 17.1 Å². The quantitative estimate of drug-likeness (QED) is 0.611. The van der Waals surface area contributed by atoms with E-state index in [4.69, 9.17) is 9.72 Å². The van der Waals surface area contributed by atoms with Crippen LogP contribution in [0.15, 0.2) is 42.5 Å². The van der Waals surface area contributed by atoms with E-state index < -0.39 is 0 Å². The number of hydrogen-bond acceptors (Lipinski definition) is 6. The van der Waals surface area contributed by atoms with Crippen LogP contribution in [0, 0.1) is 11.2 Å². The van der Waals surface area contributed by atoms with Gasteiger partial charge in [-0.1, -0.05) is 32.9 Å². The summed E-state index contributed by atoms with van der Waals surface area (Å²) < 4.78 is 19.6. The number of anilines is 1. The predicted octanol–water partition coefficient (Wildman–Crippen LogP) is 4.83. The van der Waals surface area contributed by atoms with E-state index in [0.717, 1.165) is 6.42 Å². The van der Waals surface area contributed by atoms with Gasteiger partial charge in [0.15, 0.2) is 5.82 Å². The predicted molar refractivity (Wildman–Crippen MR) is 126 cm³/mol. The number of carbonyl (C=O) groups excluding carboxylic acids is 1. The highest BCUT2D eigenvalue weighted by molar-refractivity contribution is 5.91. The second-order valence-electron chi connectivity index (χ2n) is 9.66. The lowest BCUT2D eigenvalue weighted by molar-refractivity contribution is 0.0705. The molecule has 0 bridgehead atoms. The average molecular weight is 453 g/mol. The number of amides is 1. The van der Waals surface area contributed by atoms with E-state index in [2.05, 4.69) is 4.98 Å². The molecular formula is C25H29FN4O3. The van der Waals surface area contributed by atoms with E-state index in [0.29, 0.717) is 47.8 Å². The summed E-state index contributed by atoms with van der Waals surface area (Å²) in [5.41, 5.74) is 0.978. The molecule has 8 heteroatoms. The van der Waals surface area contributed by atoms with Gasteiger partial charge >= 0.3 is 6.09 Å². The number of likely N-dealkylation sites (N-methyl/N-ethyl adjacent to an activating group) is 1. The molecule has 7 nitrogen and oxygen atoms in total. The molecule has 1 aromatic heterocycles. The highest BCUT2D eigenvalue weighted by Gasteiger charge is 2.31. The van der Waals surface area contributed by atoms with Gasteiger partial charge in [-0.05, 0) is 42.2 Å². The highest BCUT2D eigenvalue weighted by Crippen LogP contribution is 2.33. The molecule has 1 amide bonds. The van der Waals surface area contributed by atoms with Crippen LogP contribution in [0.3, 0.4) is 0 Å². The monoisotopic (exact) mass is 452 g/mol. The van der Waals surface area contributed by atoms with E-state index in [1.165, 1.54) is 12.1 Å². The van der Waals surface area contributed by atoms with Crippen molar-refractivity contribution in [2.45, 2.75) is 33.2 Å². The molecule has 174 valence electrons. The third-order valence-corrected chi connectivity index (χ3v) is 5.71. The Balaban J connectivity index is 1.63. The van der Waals surface area contributed by atoms with Gasteiger partial charge in [0.25, 0.3) is 0 Å². The number of aromatic hydroxyl groups is 1. The van der Waals surface area contributed by atoms with Crippen molar-refractivity contribution in [2.75, 3.05) is 31.6 Å². The molecule has 0 spiro atoms. The summed E-state index contributed by atoms with van der Waals surface area (Å²) in [6, 6.07) is 11.2. The number of carbonyl (C=O) groups is 1. The summed E-state index contributed by atoms with van der Waals surface area (Å²) in [5, 5.41) is 10.9. The number of phenols is 1. The van der Waals surface area contributed by atoms with Gasteiger partial charge in [0.05, 0.1) is 23.7 Å². The summed E-state index contributed by atoms with van der Waals surface area (Å²) in [4.78, 5) is 25.5. The molecule has 2 aromatic carbocycles. The summed E-state index contributed by atoms with van der Waals surface area (Å²) in [6.07, 6.45) is 0.374. The van der Waals surface area contributed by atoms with E-state index in [9.17, 15) is 14.3 Å². The van der Waals surface area contributed by atoms with E-state index in [-0.39, 0.29) is 29.1 Å². The molecule has 1 aliphatic rings. The number of halogens is 1. The Hall–Kier alpha value is -3.42. The Labute approximate surface area is 192 Å². The number of ether oxygens (including phenoxy) is 1. The average Bonchev–Trinajstić information content (AvgIpc) is 3.26. The fraction of sp³-hybridized carbons (Fsp3) is 0.400. The van der Waals surface area contributed by atoms with Gasteiger partial charge in [-0.3, -0.25) is 0 Å². The lowest BCUT2D eigenvalue weighted by Crippen LogP contribution is -2.40. The molecule has 4 rings (SSSR count). The van der Waals surface area contributed by atoms with Crippen LogP contribution in [0.2, 0.25) is 0 Å². The first-order valence-electron chi connectivity index (χ1n) is 11.0. The number of phenolic OH excluding ortho intramolecular Hbond substituents is 1. The molecule has 2 heterocycles. The molecule has 1 saturated heterocycles. The normalized spacial score (nSPS) is 16.3. The number of fused-ring (bicyclic) bond motifs is 1. The van der Waals surface area contributed by atoms with Crippen molar-refractivity contribution in [3.05, 3.63) is 48.3 Å². The van der Waals surface area contributed by atoms with Gasteiger partial charge < -0.3 is 19.6 Å². The molecule has 1 fully saturated rings. The van der Waals surface area contributed by atoms with Gasteiger partial charge in [0.2, 0.25) is 0 Å². The summed E-state index contributed by atoms with van der Waals surface area (Å²) >= 11 is 0. The van der Waals surface area contributed by atoms with Crippen LogP contribution >= 0.6 is 0 Å². The zero-order valence-electron chi connectivity index (χ0n) is 19.4. The minimum Gasteiger partial charge on any atom is -0.507 e. The molecule has 0 aliphatic carbocycles. The van der Waals surface area contributed by atoms with Crippen molar-refractivity contribution in [1.82, 2.24) is 14.9 Å². The second-order valence-corrected chi connectivity index (χ2v) is 9.66. The van der Waals surface area contributed by atoms with Gasteiger partial charge in [0.1, 0.15) is 17.4 Å². The van der Waals surface area contributed by atoms with E-state index >= 15 is 0 Å². The minimum absolute atomic E-state index is 0.0652. The number of benzene rings is 2. The van der Waals surface area contributed by atoms with Crippen molar-refractivity contribution in [3.63, 3.8) is 0 Å². The molecular weight excluding hydrogens is 423 g/mol. The lowest BCUT2D eigenvalue weighted by atomic mass is 9.99. The number of hydrogen-bond donors (Lipinski definition) is 1. The van der Waals surface area contributed by atoms with E-state index in [1.54, 1.807) is 42.3 Å². The number of para-hydroxylation sites is 1. The second kappa shape index (κ2) is 8.84. The van der Waals surface area contributed by atoms with Crippen LogP contribution in [0.4, 0.5) is 15.0 Å². The third-order valence-electron chi connectivity index (χ3n) is 5.71. The molecule has 1 atom stereocenters. The van der Waals surface area contributed by atoms with Crippen LogP contribution in [0.1, 0.15) is 27.2 Å². The summed E-state index contributed by atoms with van der Waals surface area (Å²) in [6.45, 7) is 7.55. The van der Waals surface area contributed by atoms with Crippen LogP contribution < -0.4 is 4.90 Å². The van der Waals surface area contributed by atoms with Gasteiger partial charge in [-0.25, -0.2) is 19.2 Å². The number of rotatable bonds is 4. The van der Waals surface area contributed by atoms with Crippen LogP contribution in [0.5, 0.6) is 5.75 Å². The van der Waals surface area contributed by atoms with Gasteiger partial charge in [-0.2, -0.15) is 0 Å². The zero-order valence-corrected chi connectivity index (χ0v) is 19.4. The van der Waals surface area contributed by atoms with E-state index in [1.807, 2.05) is 25.7 Å².